The normalized spacial score (nSPS) is 11.4. The molecule has 0 aliphatic rings. The average molecular weight is 339 g/mol. The minimum Gasteiger partial charge on any atom is -0.288 e. The number of aromatic nitrogens is 1. The van der Waals surface area contributed by atoms with E-state index in [0.717, 1.165) is 9.55 Å². The monoisotopic (exact) mass is 339 g/mol. The van der Waals surface area contributed by atoms with Gasteiger partial charge in [0.05, 0.1) is 10.4 Å². The van der Waals surface area contributed by atoms with Crippen molar-refractivity contribution < 1.29 is 13.2 Å². The van der Waals surface area contributed by atoms with Gasteiger partial charge in [0.1, 0.15) is 5.69 Å². The number of carbonyl (C=O) groups is 1. The average Bonchev–Trinajstić information content (AvgIpc) is 2.95. The summed E-state index contributed by atoms with van der Waals surface area (Å²) in [4.78, 5) is 12.7. The van der Waals surface area contributed by atoms with Gasteiger partial charge in [-0.25, -0.2) is 12.4 Å². The van der Waals surface area contributed by atoms with E-state index in [4.69, 9.17) is 0 Å². The van der Waals surface area contributed by atoms with Crippen LogP contribution in [0.3, 0.4) is 0 Å². The van der Waals surface area contributed by atoms with Crippen molar-refractivity contribution in [2.75, 3.05) is 0 Å². The fourth-order valence-electron chi connectivity index (χ4n) is 2.59. The van der Waals surface area contributed by atoms with E-state index in [1.165, 1.54) is 18.2 Å². The molecular weight excluding hydrogens is 322 g/mol. The topological polar surface area (TPSA) is 56.1 Å². The smallest absolute Gasteiger partial charge is 0.268 e. The second-order valence-corrected chi connectivity index (χ2v) is 7.54. The van der Waals surface area contributed by atoms with Gasteiger partial charge in [-0.2, -0.15) is 0 Å². The number of hydrogen-bond donors (Lipinski definition) is 0. The second-order valence-electron chi connectivity index (χ2n) is 5.76. The summed E-state index contributed by atoms with van der Waals surface area (Å²) in [6, 6.07) is 16.8. The number of hydrogen-bond acceptors (Lipinski definition) is 3. The number of rotatable bonds is 4. The zero-order valence-corrected chi connectivity index (χ0v) is 14.2. The second kappa shape index (κ2) is 6.09. The minimum absolute atomic E-state index is 0.140. The third-order valence-corrected chi connectivity index (χ3v) is 5.36. The van der Waals surface area contributed by atoms with Gasteiger partial charge in [0.2, 0.25) is 5.78 Å². The fourth-order valence-corrected chi connectivity index (χ4v) is 4.13. The molecule has 0 saturated carbocycles. The number of nitrogens with zero attached hydrogens (tertiary/aromatic N) is 1. The Balaban J connectivity index is 2.34. The van der Waals surface area contributed by atoms with E-state index in [1.54, 1.807) is 56.3 Å². The van der Waals surface area contributed by atoms with E-state index in [0.29, 0.717) is 10.9 Å². The van der Waals surface area contributed by atoms with E-state index in [1.807, 2.05) is 6.07 Å². The molecule has 0 fully saturated rings. The molecule has 122 valence electrons. The van der Waals surface area contributed by atoms with Crippen molar-refractivity contribution in [1.82, 2.24) is 3.97 Å². The van der Waals surface area contributed by atoms with Gasteiger partial charge >= 0.3 is 0 Å². The van der Waals surface area contributed by atoms with Crippen LogP contribution in [0, 0.1) is 0 Å². The molecule has 0 atom stereocenters. The lowest BCUT2D eigenvalue weighted by molar-refractivity contribution is 0.104. The van der Waals surface area contributed by atoms with Crippen LogP contribution in [0.5, 0.6) is 0 Å². The van der Waals surface area contributed by atoms with Crippen LogP contribution >= 0.6 is 0 Å². The lowest BCUT2D eigenvalue weighted by Gasteiger charge is -2.10. The maximum atomic E-state index is 13.1. The molecule has 5 heteroatoms. The molecule has 2 aromatic carbocycles. The predicted octanol–water partition coefficient (Wildman–Crippen LogP) is 4.03. The van der Waals surface area contributed by atoms with Crippen molar-refractivity contribution in [2.24, 2.45) is 0 Å². The van der Waals surface area contributed by atoms with E-state index < -0.39 is 10.0 Å². The quantitative estimate of drug-likeness (QED) is 0.533. The number of carbonyl (C=O) groups excluding carboxylic acids is 1. The van der Waals surface area contributed by atoms with Crippen LogP contribution in [0.15, 0.2) is 77.2 Å². The Kier molecular flexibility index (Phi) is 4.11. The third kappa shape index (κ3) is 2.78. The molecule has 1 heterocycles. The van der Waals surface area contributed by atoms with Crippen LogP contribution in [0.1, 0.15) is 24.3 Å². The Hall–Kier alpha value is -2.66. The molecule has 0 amide bonds. The molecule has 0 aliphatic carbocycles. The molecule has 0 unspecified atom stereocenters. The van der Waals surface area contributed by atoms with E-state index in [9.17, 15) is 13.2 Å². The van der Waals surface area contributed by atoms with Crippen molar-refractivity contribution in [2.45, 2.75) is 18.7 Å². The Morgan fingerprint density at radius 1 is 0.958 bits per heavy atom. The van der Waals surface area contributed by atoms with Gasteiger partial charge < -0.3 is 0 Å². The van der Waals surface area contributed by atoms with E-state index in [-0.39, 0.29) is 16.4 Å². The first kappa shape index (κ1) is 16.2. The van der Waals surface area contributed by atoms with Crippen molar-refractivity contribution >= 4 is 26.7 Å². The van der Waals surface area contributed by atoms with Gasteiger partial charge in [-0.3, -0.25) is 4.79 Å². The summed E-state index contributed by atoms with van der Waals surface area (Å²) in [7, 11) is -3.87. The molecule has 3 aromatic rings. The van der Waals surface area contributed by atoms with E-state index >= 15 is 0 Å². The van der Waals surface area contributed by atoms with Gasteiger partial charge in [0, 0.05) is 5.39 Å². The molecule has 0 bridgehead atoms. The zero-order chi connectivity index (χ0) is 17.3. The largest absolute Gasteiger partial charge is 0.288 e. The Labute approximate surface area is 141 Å². The number of para-hydroxylation sites is 1. The molecule has 0 aliphatic heterocycles. The van der Waals surface area contributed by atoms with Crippen molar-refractivity contribution in [3.63, 3.8) is 0 Å². The van der Waals surface area contributed by atoms with Crippen molar-refractivity contribution in [3.05, 3.63) is 78.0 Å². The molecular formula is C19H17NO3S. The van der Waals surface area contributed by atoms with Crippen molar-refractivity contribution in [3.8, 4) is 0 Å². The molecule has 24 heavy (non-hydrogen) atoms. The van der Waals surface area contributed by atoms with Crippen molar-refractivity contribution in [1.29, 1.82) is 0 Å². The highest BCUT2D eigenvalue weighted by atomic mass is 32.2. The molecule has 1 aromatic heterocycles. The summed E-state index contributed by atoms with van der Waals surface area (Å²) in [6.45, 7) is 3.60. The van der Waals surface area contributed by atoms with Crippen LogP contribution in [0.25, 0.3) is 10.9 Å². The summed E-state index contributed by atoms with van der Waals surface area (Å²) in [6.07, 6.45) is 1.45. The first-order chi connectivity index (χ1) is 11.4. The number of benzene rings is 2. The third-order valence-electron chi connectivity index (χ3n) is 3.62. The highest BCUT2D eigenvalue weighted by Crippen LogP contribution is 2.26. The molecule has 0 spiro atoms. The minimum atomic E-state index is -3.87. The SMILES string of the molecule is CC(C)=CC(=O)c1cc2ccccc2n1S(=O)(=O)c1ccccc1. The van der Waals surface area contributed by atoms with Gasteiger partial charge in [-0.15, -0.1) is 0 Å². The number of ketones is 1. The molecule has 3 rings (SSSR count). The van der Waals surface area contributed by atoms with E-state index in [2.05, 4.69) is 0 Å². The fraction of sp³-hybridized carbons (Fsp3) is 0.105. The van der Waals surface area contributed by atoms with Crippen LogP contribution in [0.4, 0.5) is 0 Å². The summed E-state index contributed by atoms with van der Waals surface area (Å²) >= 11 is 0. The highest BCUT2D eigenvalue weighted by Gasteiger charge is 2.25. The summed E-state index contributed by atoms with van der Waals surface area (Å²) < 4.78 is 27.4. The standard InChI is InChI=1S/C19H17NO3S/c1-14(2)12-19(21)18-13-15-8-6-7-11-17(15)20(18)24(22,23)16-9-4-3-5-10-16/h3-13H,1-2H3. The molecule has 0 saturated heterocycles. The van der Waals surface area contributed by atoms with Crippen LogP contribution < -0.4 is 0 Å². The lowest BCUT2D eigenvalue weighted by Crippen LogP contribution is -2.17. The van der Waals surface area contributed by atoms with Crippen LogP contribution in [0.2, 0.25) is 0 Å². The Bertz CT molecular complexity index is 1040. The number of fused-ring (bicyclic) bond motifs is 1. The maximum Gasteiger partial charge on any atom is 0.268 e. The van der Waals surface area contributed by atoms with Gasteiger partial charge in [0.25, 0.3) is 10.0 Å². The summed E-state index contributed by atoms with van der Waals surface area (Å²) in [5.41, 5.74) is 1.45. The molecule has 4 nitrogen and oxygen atoms in total. The first-order valence-corrected chi connectivity index (χ1v) is 8.95. The Morgan fingerprint density at radius 2 is 1.58 bits per heavy atom. The van der Waals surface area contributed by atoms with Gasteiger partial charge in [-0.1, -0.05) is 42.0 Å². The molecule has 0 N–H and O–H groups in total. The van der Waals surface area contributed by atoms with Crippen LogP contribution in [-0.2, 0) is 10.0 Å². The summed E-state index contributed by atoms with van der Waals surface area (Å²) in [5.74, 6) is -0.328. The van der Waals surface area contributed by atoms with Gasteiger partial charge in [-0.05, 0) is 44.2 Å². The van der Waals surface area contributed by atoms with Crippen LogP contribution in [-0.4, -0.2) is 18.2 Å². The Morgan fingerprint density at radius 3 is 2.25 bits per heavy atom. The number of allylic oxidation sites excluding steroid dienone is 2. The highest BCUT2D eigenvalue weighted by molar-refractivity contribution is 7.90. The lowest BCUT2D eigenvalue weighted by atomic mass is 10.2. The maximum absolute atomic E-state index is 13.1. The predicted molar refractivity (Wildman–Crippen MR) is 94.7 cm³/mol. The first-order valence-electron chi connectivity index (χ1n) is 7.51. The van der Waals surface area contributed by atoms with Gasteiger partial charge in [0.15, 0.2) is 0 Å². The zero-order valence-electron chi connectivity index (χ0n) is 13.4. The summed E-state index contributed by atoms with van der Waals surface area (Å²) in [5, 5.41) is 0.711. The molecule has 0 radical (unpaired) electrons.